The van der Waals surface area contributed by atoms with Gasteiger partial charge in [0.1, 0.15) is 5.75 Å². The molecule has 1 heterocycles. The first-order chi connectivity index (χ1) is 10.8. The lowest BCUT2D eigenvalue weighted by Crippen LogP contribution is -2.07. The van der Waals surface area contributed by atoms with Crippen molar-refractivity contribution in [1.82, 2.24) is 4.98 Å². The van der Waals surface area contributed by atoms with E-state index in [4.69, 9.17) is 27.6 Å². The van der Waals surface area contributed by atoms with Crippen LogP contribution in [0.5, 0.6) is 11.6 Å². The Hall–Kier alpha value is -1.27. The van der Waals surface area contributed by atoms with E-state index in [1.807, 2.05) is 6.92 Å². The number of nitrogens with zero attached hydrogens (tertiary/aromatic N) is 2. The highest BCUT2D eigenvalue weighted by molar-refractivity contribution is 9.10. The van der Waals surface area contributed by atoms with Crippen molar-refractivity contribution in [2.24, 2.45) is 0 Å². The fourth-order valence-electron chi connectivity index (χ4n) is 1.84. The van der Waals surface area contributed by atoms with Gasteiger partial charge in [0, 0.05) is 23.9 Å². The third-order valence-electron chi connectivity index (χ3n) is 2.91. The molecule has 0 N–H and O–H groups in total. The van der Waals surface area contributed by atoms with E-state index in [2.05, 4.69) is 20.9 Å². The smallest absolute Gasteiger partial charge is 0.437 e. The van der Waals surface area contributed by atoms with Crippen molar-refractivity contribution in [2.45, 2.75) is 13.3 Å². The number of aryl methyl sites for hydroxylation is 1. The Labute approximate surface area is 150 Å². The third-order valence-corrected chi connectivity index (χ3v) is 4.96. The second-order valence-electron chi connectivity index (χ2n) is 4.35. The fourth-order valence-corrected chi connectivity index (χ4v) is 3.51. The summed E-state index contributed by atoms with van der Waals surface area (Å²) in [7, 11) is -2.42. The maximum Gasteiger partial charge on any atom is 0.501 e. The molecule has 120 valence electrons. The number of nitro groups is 1. The molecular formula is C13H9BrCl2N2O4P+. The number of hydrogen-bond acceptors (Lipinski definition) is 5. The first kappa shape index (κ1) is 18.1. The Morgan fingerprint density at radius 3 is 2.65 bits per heavy atom. The monoisotopic (exact) mass is 437 g/mol. The van der Waals surface area contributed by atoms with Gasteiger partial charge in [-0.3, -0.25) is 10.1 Å². The molecule has 0 bridgehead atoms. The number of pyridine rings is 1. The van der Waals surface area contributed by atoms with E-state index in [0.29, 0.717) is 27.2 Å². The standard InChI is InChI=1S/C13H9BrCl2N2O4P/c1-2-7-3-10(18(19)20)12(23(16)21)5-11(7)22-13-9(14)4-8(15)6-17-13/h3-6H,2H2,1H3/q+1. The molecular weight excluding hydrogens is 430 g/mol. The van der Waals surface area contributed by atoms with Crippen LogP contribution < -0.4 is 10.0 Å². The number of benzene rings is 1. The van der Waals surface area contributed by atoms with Gasteiger partial charge < -0.3 is 4.74 Å². The zero-order valence-electron chi connectivity index (χ0n) is 11.6. The average Bonchev–Trinajstić information content (AvgIpc) is 2.49. The number of rotatable bonds is 5. The number of ether oxygens (including phenoxy) is 1. The molecule has 1 aromatic carbocycles. The van der Waals surface area contributed by atoms with Gasteiger partial charge in [0.2, 0.25) is 17.1 Å². The molecule has 0 saturated heterocycles. The molecule has 0 spiro atoms. The van der Waals surface area contributed by atoms with Crippen molar-refractivity contribution in [3.8, 4) is 11.6 Å². The summed E-state index contributed by atoms with van der Waals surface area (Å²) in [5.41, 5.74) is 0.269. The summed E-state index contributed by atoms with van der Waals surface area (Å²) in [6.07, 6.45) is 1.88. The Balaban J connectivity index is 2.55. The lowest BCUT2D eigenvalue weighted by molar-refractivity contribution is -0.383. The SMILES string of the molecule is CCc1cc([N+](=O)[O-])c([P+](=O)Cl)cc1Oc1ncc(Cl)cc1Br. The molecule has 0 radical (unpaired) electrons. The number of hydrogen-bond donors (Lipinski definition) is 0. The van der Waals surface area contributed by atoms with Crippen molar-refractivity contribution in [3.63, 3.8) is 0 Å². The Kier molecular flexibility index (Phi) is 5.92. The van der Waals surface area contributed by atoms with Gasteiger partial charge in [0.15, 0.2) is 0 Å². The molecule has 1 unspecified atom stereocenters. The van der Waals surface area contributed by atoms with E-state index in [0.717, 1.165) is 0 Å². The zero-order valence-corrected chi connectivity index (χ0v) is 15.6. The molecule has 0 aliphatic heterocycles. The normalized spacial score (nSPS) is 11.2. The minimum atomic E-state index is -2.42. The van der Waals surface area contributed by atoms with Gasteiger partial charge in [-0.1, -0.05) is 18.5 Å². The maximum atomic E-state index is 11.6. The average molecular weight is 439 g/mol. The second-order valence-corrected chi connectivity index (χ2v) is 7.53. The summed E-state index contributed by atoms with van der Waals surface area (Å²) in [5, 5.41) is 11.4. The molecule has 0 fully saturated rings. The van der Waals surface area contributed by atoms with E-state index >= 15 is 0 Å². The number of aromatic nitrogens is 1. The van der Waals surface area contributed by atoms with E-state index in [-0.39, 0.29) is 16.9 Å². The molecule has 1 aromatic heterocycles. The first-order valence-electron chi connectivity index (χ1n) is 6.26. The van der Waals surface area contributed by atoms with Gasteiger partial charge in [-0.2, -0.15) is 0 Å². The zero-order chi connectivity index (χ0) is 17.1. The molecule has 10 heteroatoms. The van der Waals surface area contributed by atoms with Crippen LogP contribution in [0.1, 0.15) is 12.5 Å². The predicted molar refractivity (Wildman–Crippen MR) is 92.6 cm³/mol. The molecule has 0 aliphatic rings. The summed E-state index contributed by atoms with van der Waals surface area (Å²) < 4.78 is 17.8. The lowest BCUT2D eigenvalue weighted by Gasteiger charge is -2.10. The minimum Gasteiger partial charge on any atom is -0.437 e. The van der Waals surface area contributed by atoms with Gasteiger partial charge in [0.25, 0.3) is 5.30 Å². The predicted octanol–water partition coefficient (Wildman–Crippen LogP) is 5.37. The molecule has 1 atom stereocenters. The molecule has 0 saturated carbocycles. The Bertz CT molecular complexity index is 804. The molecule has 23 heavy (non-hydrogen) atoms. The molecule has 0 aliphatic carbocycles. The summed E-state index contributed by atoms with van der Waals surface area (Å²) in [5.74, 6) is 0.529. The Morgan fingerprint density at radius 2 is 2.13 bits per heavy atom. The van der Waals surface area contributed by atoms with Crippen molar-refractivity contribution < 1.29 is 14.2 Å². The van der Waals surface area contributed by atoms with Crippen LogP contribution in [-0.2, 0) is 11.0 Å². The minimum absolute atomic E-state index is 0.0936. The van der Waals surface area contributed by atoms with Crippen molar-refractivity contribution in [3.05, 3.63) is 49.6 Å². The van der Waals surface area contributed by atoms with Crippen LogP contribution in [0.4, 0.5) is 5.69 Å². The summed E-state index contributed by atoms with van der Waals surface area (Å²) in [6, 6.07) is 4.22. The van der Waals surface area contributed by atoms with Crippen LogP contribution in [0.25, 0.3) is 0 Å². The topological polar surface area (TPSA) is 82.3 Å². The lowest BCUT2D eigenvalue weighted by atomic mass is 10.1. The molecule has 2 rings (SSSR count). The van der Waals surface area contributed by atoms with Crippen LogP contribution >= 0.6 is 45.9 Å². The summed E-state index contributed by atoms with van der Waals surface area (Å²) in [4.78, 5) is 14.5. The summed E-state index contributed by atoms with van der Waals surface area (Å²) in [6.45, 7) is 1.82. The molecule has 2 aromatic rings. The van der Waals surface area contributed by atoms with Crippen LogP contribution in [0.3, 0.4) is 0 Å². The van der Waals surface area contributed by atoms with Crippen molar-refractivity contribution in [2.75, 3.05) is 0 Å². The highest BCUT2D eigenvalue weighted by atomic mass is 79.9. The van der Waals surface area contributed by atoms with Gasteiger partial charge >= 0.3 is 12.8 Å². The van der Waals surface area contributed by atoms with E-state index in [1.165, 1.54) is 18.3 Å². The van der Waals surface area contributed by atoms with Gasteiger partial charge in [-0.25, -0.2) is 4.98 Å². The van der Waals surface area contributed by atoms with Crippen LogP contribution in [0.15, 0.2) is 28.9 Å². The van der Waals surface area contributed by atoms with Gasteiger partial charge in [-0.05, 0) is 33.0 Å². The molecule has 0 amide bonds. The highest BCUT2D eigenvalue weighted by Crippen LogP contribution is 2.37. The second kappa shape index (κ2) is 7.53. The first-order valence-corrected chi connectivity index (χ1v) is 9.60. The van der Waals surface area contributed by atoms with Crippen molar-refractivity contribution in [1.29, 1.82) is 0 Å². The van der Waals surface area contributed by atoms with Crippen LogP contribution in [0.2, 0.25) is 5.02 Å². The number of halogens is 3. The van der Waals surface area contributed by atoms with Crippen LogP contribution in [0, 0.1) is 10.1 Å². The van der Waals surface area contributed by atoms with Crippen LogP contribution in [-0.4, -0.2) is 9.91 Å². The largest absolute Gasteiger partial charge is 0.501 e. The summed E-state index contributed by atoms with van der Waals surface area (Å²) >= 11 is 14.7. The van der Waals surface area contributed by atoms with E-state index in [1.54, 1.807) is 6.07 Å². The maximum absolute atomic E-state index is 11.6. The van der Waals surface area contributed by atoms with E-state index < -0.39 is 12.1 Å². The highest BCUT2D eigenvalue weighted by Gasteiger charge is 2.32. The molecule has 6 nitrogen and oxygen atoms in total. The number of nitro benzene ring substituents is 1. The van der Waals surface area contributed by atoms with Gasteiger partial charge in [0.05, 0.1) is 14.4 Å². The quantitative estimate of drug-likeness (QED) is 0.356. The third kappa shape index (κ3) is 4.18. The Morgan fingerprint density at radius 1 is 1.43 bits per heavy atom. The van der Waals surface area contributed by atoms with Crippen molar-refractivity contribution >= 4 is 56.9 Å². The van der Waals surface area contributed by atoms with E-state index in [9.17, 15) is 14.7 Å². The fraction of sp³-hybridized carbons (Fsp3) is 0.154. The van der Waals surface area contributed by atoms with Gasteiger partial charge in [-0.15, -0.1) is 0 Å².